The molecule has 3 heterocycles. The molecule has 1 atom stereocenters. The van der Waals surface area contributed by atoms with Gasteiger partial charge in [0, 0.05) is 38.5 Å². The third-order valence-corrected chi connectivity index (χ3v) is 6.83. The fourth-order valence-electron chi connectivity index (χ4n) is 4.58. The Morgan fingerprint density at radius 1 is 1.21 bits per heavy atom. The van der Waals surface area contributed by atoms with Crippen molar-refractivity contribution in [3.63, 3.8) is 0 Å². The van der Waals surface area contributed by atoms with Gasteiger partial charge in [0.15, 0.2) is 11.5 Å². The quantitative estimate of drug-likeness (QED) is 0.407. The number of nitrogens with zero attached hydrogens (tertiary/aromatic N) is 4. The number of aromatic nitrogens is 3. The van der Waals surface area contributed by atoms with Crippen LogP contribution in [-0.4, -0.2) is 74.7 Å². The van der Waals surface area contributed by atoms with Crippen molar-refractivity contribution in [2.24, 2.45) is 0 Å². The third-order valence-electron chi connectivity index (χ3n) is 6.83. The van der Waals surface area contributed by atoms with E-state index in [0.29, 0.717) is 52.0 Å². The molecule has 2 N–H and O–H groups in total. The van der Waals surface area contributed by atoms with Gasteiger partial charge in [0.2, 0.25) is 0 Å². The number of fused-ring (bicyclic) bond motifs is 1. The number of aliphatic hydroxyl groups is 1. The van der Waals surface area contributed by atoms with Gasteiger partial charge < -0.3 is 24.8 Å². The number of benzene rings is 1. The van der Waals surface area contributed by atoms with E-state index in [2.05, 4.69) is 29.5 Å². The molecule has 2 aromatic heterocycles. The van der Waals surface area contributed by atoms with E-state index in [1.165, 1.54) is 5.56 Å². The van der Waals surface area contributed by atoms with Crippen LogP contribution in [0, 0.1) is 6.92 Å². The normalized spacial score (nSPS) is 16.4. The lowest BCUT2D eigenvalue weighted by Crippen LogP contribution is -2.52. The molecular weight excluding hydrogens is 482 g/mol. The minimum atomic E-state index is -0.843. The van der Waals surface area contributed by atoms with Gasteiger partial charge in [0.1, 0.15) is 11.4 Å². The summed E-state index contributed by atoms with van der Waals surface area (Å²) in [6, 6.07) is 12.3. The number of carbonyl (C=O) groups is 1. The van der Waals surface area contributed by atoms with Crippen LogP contribution in [0.15, 0.2) is 42.6 Å². The SMILES string of the molecule is Cc1cc(OCC(C)c2ccccc2)cn2nc(CCNCC3(O)CCN(C(=O)OC(C)(C)C)CC3)nc12. The molecule has 0 radical (unpaired) electrons. The first-order valence-electron chi connectivity index (χ1n) is 13.5. The van der Waals surface area contributed by atoms with E-state index in [4.69, 9.17) is 14.5 Å². The predicted molar refractivity (Wildman–Crippen MR) is 147 cm³/mol. The Balaban J connectivity index is 1.24. The van der Waals surface area contributed by atoms with E-state index in [1.807, 2.05) is 58.2 Å². The zero-order chi connectivity index (χ0) is 27.3. The zero-order valence-corrected chi connectivity index (χ0v) is 23.2. The number of pyridine rings is 1. The molecule has 1 fully saturated rings. The van der Waals surface area contributed by atoms with Crippen LogP contribution in [-0.2, 0) is 11.2 Å². The fourth-order valence-corrected chi connectivity index (χ4v) is 4.58. The van der Waals surface area contributed by atoms with Gasteiger partial charge in [-0.1, -0.05) is 37.3 Å². The average molecular weight is 524 g/mol. The zero-order valence-electron chi connectivity index (χ0n) is 23.2. The highest BCUT2D eigenvalue weighted by molar-refractivity contribution is 5.68. The summed E-state index contributed by atoms with van der Waals surface area (Å²) in [5.74, 6) is 1.79. The summed E-state index contributed by atoms with van der Waals surface area (Å²) in [5, 5.41) is 18.9. The maximum atomic E-state index is 12.3. The van der Waals surface area contributed by atoms with Crippen molar-refractivity contribution >= 4 is 11.7 Å². The highest BCUT2D eigenvalue weighted by atomic mass is 16.6. The van der Waals surface area contributed by atoms with Crippen molar-refractivity contribution in [2.45, 2.75) is 71.0 Å². The van der Waals surface area contributed by atoms with E-state index in [9.17, 15) is 9.90 Å². The van der Waals surface area contributed by atoms with E-state index in [-0.39, 0.29) is 12.0 Å². The fraction of sp³-hybridized carbons (Fsp3) is 0.552. The summed E-state index contributed by atoms with van der Waals surface area (Å²) >= 11 is 0. The summed E-state index contributed by atoms with van der Waals surface area (Å²) in [6.45, 7) is 12.4. The Morgan fingerprint density at radius 2 is 1.92 bits per heavy atom. The average Bonchev–Trinajstić information content (AvgIpc) is 3.29. The molecule has 1 aliphatic rings. The largest absolute Gasteiger partial charge is 0.491 e. The van der Waals surface area contributed by atoms with Gasteiger partial charge in [0.25, 0.3) is 0 Å². The minimum absolute atomic E-state index is 0.281. The third kappa shape index (κ3) is 7.45. The van der Waals surface area contributed by atoms with Crippen LogP contribution in [0.3, 0.4) is 0 Å². The number of hydrogen-bond acceptors (Lipinski definition) is 7. The first kappa shape index (κ1) is 27.9. The van der Waals surface area contributed by atoms with Gasteiger partial charge in [-0.25, -0.2) is 14.3 Å². The van der Waals surface area contributed by atoms with Crippen LogP contribution < -0.4 is 10.1 Å². The van der Waals surface area contributed by atoms with Gasteiger partial charge in [-0.2, -0.15) is 5.10 Å². The number of carbonyl (C=O) groups excluding carboxylic acids is 1. The van der Waals surface area contributed by atoms with Gasteiger partial charge in [-0.3, -0.25) is 0 Å². The van der Waals surface area contributed by atoms with Crippen LogP contribution in [0.25, 0.3) is 5.65 Å². The molecule has 9 heteroatoms. The molecule has 4 rings (SSSR count). The summed E-state index contributed by atoms with van der Waals surface area (Å²) in [5.41, 5.74) is 1.71. The lowest BCUT2D eigenvalue weighted by molar-refractivity contribution is -0.0308. The van der Waals surface area contributed by atoms with Crippen molar-refractivity contribution in [3.8, 4) is 5.75 Å². The maximum absolute atomic E-state index is 12.3. The van der Waals surface area contributed by atoms with E-state index >= 15 is 0 Å². The summed E-state index contributed by atoms with van der Waals surface area (Å²) in [6.07, 6.45) is 3.22. The van der Waals surface area contributed by atoms with Crippen molar-refractivity contribution in [3.05, 3.63) is 59.5 Å². The summed E-state index contributed by atoms with van der Waals surface area (Å²) in [7, 11) is 0. The minimum Gasteiger partial charge on any atom is -0.491 e. The topological polar surface area (TPSA) is 101 Å². The number of nitrogens with one attached hydrogen (secondary N) is 1. The number of piperidine rings is 1. The van der Waals surface area contributed by atoms with Crippen molar-refractivity contribution < 1.29 is 19.4 Å². The second-order valence-electron chi connectivity index (χ2n) is 11.4. The molecule has 1 amide bonds. The molecule has 0 bridgehead atoms. The van der Waals surface area contributed by atoms with E-state index in [1.54, 1.807) is 9.42 Å². The first-order valence-corrected chi connectivity index (χ1v) is 13.5. The number of hydrogen-bond donors (Lipinski definition) is 2. The van der Waals surface area contributed by atoms with Crippen LogP contribution in [0.5, 0.6) is 5.75 Å². The van der Waals surface area contributed by atoms with E-state index in [0.717, 1.165) is 22.8 Å². The number of rotatable bonds is 9. The smallest absolute Gasteiger partial charge is 0.410 e. The first-order chi connectivity index (χ1) is 18.0. The molecule has 38 heavy (non-hydrogen) atoms. The molecule has 1 aliphatic heterocycles. The maximum Gasteiger partial charge on any atom is 0.410 e. The Hall–Kier alpha value is -3.17. The molecule has 0 spiro atoms. The highest BCUT2D eigenvalue weighted by Crippen LogP contribution is 2.24. The molecule has 1 unspecified atom stereocenters. The molecule has 9 nitrogen and oxygen atoms in total. The lowest BCUT2D eigenvalue weighted by Gasteiger charge is -2.38. The molecule has 1 aromatic carbocycles. The number of likely N-dealkylation sites (tertiary alicyclic amines) is 1. The molecule has 3 aromatic rings. The molecular formula is C29H41N5O4. The van der Waals surface area contributed by atoms with Crippen LogP contribution in [0.1, 0.15) is 63.4 Å². The Kier molecular flexibility index (Phi) is 8.57. The molecule has 1 saturated heterocycles. The summed E-state index contributed by atoms with van der Waals surface area (Å²) < 4.78 is 13.3. The Bertz CT molecular complexity index is 1210. The number of aryl methyl sites for hydroxylation is 1. The van der Waals surface area contributed by atoms with Crippen molar-refractivity contribution in [1.29, 1.82) is 0 Å². The van der Waals surface area contributed by atoms with Gasteiger partial charge in [-0.15, -0.1) is 0 Å². The standard InChI is InChI=1S/C29H41N5O4/c1-21-17-24(37-19-22(2)23-9-7-6-8-10-23)18-34-26(21)31-25(32-34)11-14-30-20-29(36)12-15-33(16-13-29)27(35)38-28(3,4)5/h6-10,17-18,22,30,36H,11-16,19-20H2,1-5H3. The second kappa shape index (κ2) is 11.7. The van der Waals surface area contributed by atoms with Crippen molar-refractivity contribution in [1.82, 2.24) is 24.8 Å². The molecule has 0 aliphatic carbocycles. The molecule has 206 valence electrons. The van der Waals surface area contributed by atoms with Gasteiger partial charge in [-0.05, 0) is 57.7 Å². The Labute approximate surface area is 225 Å². The van der Waals surface area contributed by atoms with Crippen LogP contribution in [0.4, 0.5) is 4.79 Å². The monoisotopic (exact) mass is 523 g/mol. The van der Waals surface area contributed by atoms with Crippen LogP contribution in [0.2, 0.25) is 0 Å². The summed E-state index contributed by atoms with van der Waals surface area (Å²) in [4.78, 5) is 18.6. The Morgan fingerprint density at radius 3 is 2.61 bits per heavy atom. The number of amides is 1. The second-order valence-corrected chi connectivity index (χ2v) is 11.4. The van der Waals surface area contributed by atoms with Gasteiger partial charge in [0.05, 0.1) is 18.4 Å². The predicted octanol–water partition coefficient (Wildman–Crippen LogP) is 4.11. The molecule has 0 saturated carbocycles. The number of ether oxygens (including phenoxy) is 2. The highest BCUT2D eigenvalue weighted by Gasteiger charge is 2.35. The van der Waals surface area contributed by atoms with Crippen LogP contribution >= 0.6 is 0 Å². The van der Waals surface area contributed by atoms with Gasteiger partial charge >= 0.3 is 6.09 Å². The van der Waals surface area contributed by atoms with E-state index < -0.39 is 11.2 Å². The lowest BCUT2D eigenvalue weighted by atomic mass is 9.91. The van der Waals surface area contributed by atoms with Crippen molar-refractivity contribution in [2.75, 3.05) is 32.8 Å².